The first-order chi connectivity index (χ1) is 15.0. The second-order valence-corrected chi connectivity index (χ2v) is 7.79. The maximum absolute atomic E-state index is 13.5. The van der Waals surface area contributed by atoms with Crippen molar-refractivity contribution in [2.75, 3.05) is 5.32 Å². The van der Waals surface area contributed by atoms with Gasteiger partial charge in [-0.25, -0.2) is 4.98 Å². The van der Waals surface area contributed by atoms with Crippen LogP contribution in [-0.4, -0.2) is 15.9 Å². The van der Waals surface area contributed by atoms with E-state index in [9.17, 15) is 4.79 Å². The molecule has 5 heteroatoms. The molecule has 0 saturated heterocycles. The standard InChI is InChI=1S/C26H21N3O2/c1-15-11-16(2)25-20(12-15)22(13-17(3)27-25)29-26(30)19-14-23(24-9-6-10-31-24)28-21-8-5-4-7-18(19)21/h4-14H,1-3H3,(H,27,29,30). The van der Waals surface area contributed by atoms with Crippen LogP contribution in [-0.2, 0) is 0 Å². The van der Waals surface area contributed by atoms with E-state index in [0.29, 0.717) is 17.0 Å². The molecule has 0 aliphatic rings. The van der Waals surface area contributed by atoms with Crippen molar-refractivity contribution in [2.45, 2.75) is 20.8 Å². The first-order valence-electron chi connectivity index (χ1n) is 10.1. The number of furan rings is 1. The highest BCUT2D eigenvalue weighted by molar-refractivity contribution is 6.15. The Kier molecular flexibility index (Phi) is 4.51. The van der Waals surface area contributed by atoms with E-state index in [2.05, 4.69) is 27.4 Å². The molecule has 0 unspecified atom stereocenters. The number of amides is 1. The quantitative estimate of drug-likeness (QED) is 0.385. The van der Waals surface area contributed by atoms with Gasteiger partial charge in [-0.2, -0.15) is 0 Å². The summed E-state index contributed by atoms with van der Waals surface area (Å²) in [6, 6.07) is 19.1. The van der Waals surface area contributed by atoms with Crippen LogP contribution >= 0.6 is 0 Å². The van der Waals surface area contributed by atoms with Crippen LogP contribution in [0.15, 0.2) is 71.3 Å². The maximum Gasteiger partial charge on any atom is 0.256 e. The number of aromatic nitrogens is 2. The minimum absolute atomic E-state index is 0.197. The molecule has 31 heavy (non-hydrogen) atoms. The zero-order valence-electron chi connectivity index (χ0n) is 17.6. The van der Waals surface area contributed by atoms with Gasteiger partial charge in [-0.3, -0.25) is 9.78 Å². The molecular weight excluding hydrogens is 386 g/mol. The van der Waals surface area contributed by atoms with E-state index in [1.165, 1.54) is 0 Å². The highest BCUT2D eigenvalue weighted by Crippen LogP contribution is 2.29. The summed E-state index contributed by atoms with van der Waals surface area (Å²) in [5.74, 6) is 0.425. The molecule has 0 radical (unpaired) electrons. The predicted molar refractivity (Wildman–Crippen MR) is 123 cm³/mol. The van der Waals surface area contributed by atoms with E-state index in [1.54, 1.807) is 12.3 Å². The highest BCUT2D eigenvalue weighted by atomic mass is 16.3. The number of pyridine rings is 2. The minimum atomic E-state index is -0.197. The van der Waals surface area contributed by atoms with Gasteiger partial charge in [0, 0.05) is 16.5 Å². The van der Waals surface area contributed by atoms with Gasteiger partial charge >= 0.3 is 0 Å². The Morgan fingerprint density at radius 2 is 1.74 bits per heavy atom. The average molecular weight is 407 g/mol. The van der Waals surface area contributed by atoms with Crippen LogP contribution in [0.3, 0.4) is 0 Å². The van der Waals surface area contributed by atoms with Crippen molar-refractivity contribution in [3.05, 3.63) is 89.3 Å². The first-order valence-corrected chi connectivity index (χ1v) is 10.1. The Hall–Kier alpha value is -3.99. The second-order valence-electron chi connectivity index (χ2n) is 7.79. The monoisotopic (exact) mass is 407 g/mol. The number of carbonyl (C=O) groups excluding carboxylic acids is 1. The number of rotatable bonds is 3. The zero-order valence-corrected chi connectivity index (χ0v) is 17.6. The van der Waals surface area contributed by atoms with Gasteiger partial charge in [-0.15, -0.1) is 0 Å². The zero-order chi connectivity index (χ0) is 21.5. The second kappa shape index (κ2) is 7.36. The lowest BCUT2D eigenvalue weighted by atomic mass is 10.0. The van der Waals surface area contributed by atoms with Crippen LogP contribution in [0.25, 0.3) is 33.3 Å². The van der Waals surface area contributed by atoms with Crippen molar-refractivity contribution in [3.63, 3.8) is 0 Å². The van der Waals surface area contributed by atoms with Crippen molar-refractivity contribution in [2.24, 2.45) is 0 Å². The van der Waals surface area contributed by atoms with E-state index in [1.807, 2.05) is 63.2 Å². The van der Waals surface area contributed by atoms with Gasteiger partial charge in [0.1, 0.15) is 5.69 Å². The molecule has 5 nitrogen and oxygen atoms in total. The van der Waals surface area contributed by atoms with Crippen LogP contribution in [0.1, 0.15) is 27.2 Å². The third kappa shape index (κ3) is 3.44. The summed E-state index contributed by atoms with van der Waals surface area (Å²) in [4.78, 5) is 22.8. The van der Waals surface area contributed by atoms with E-state index in [-0.39, 0.29) is 5.91 Å². The SMILES string of the molecule is Cc1cc(C)c2nc(C)cc(NC(=O)c3cc(-c4ccco4)nc4ccccc34)c2c1. The minimum Gasteiger partial charge on any atom is -0.463 e. The highest BCUT2D eigenvalue weighted by Gasteiger charge is 2.17. The molecule has 152 valence electrons. The van der Waals surface area contributed by atoms with Crippen LogP contribution in [0.4, 0.5) is 5.69 Å². The smallest absolute Gasteiger partial charge is 0.256 e. The van der Waals surface area contributed by atoms with Gasteiger partial charge in [0.25, 0.3) is 5.91 Å². The predicted octanol–water partition coefficient (Wildman–Crippen LogP) is 6.22. The maximum atomic E-state index is 13.5. The number of para-hydroxylation sites is 1. The Morgan fingerprint density at radius 1 is 0.903 bits per heavy atom. The third-order valence-electron chi connectivity index (χ3n) is 5.36. The van der Waals surface area contributed by atoms with E-state index >= 15 is 0 Å². The van der Waals surface area contributed by atoms with Gasteiger partial charge in [-0.05, 0) is 62.7 Å². The molecule has 2 aromatic carbocycles. The van der Waals surface area contributed by atoms with Crippen molar-refractivity contribution < 1.29 is 9.21 Å². The molecule has 0 aliphatic carbocycles. The van der Waals surface area contributed by atoms with Crippen molar-refractivity contribution in [3.8, 4) is 11.5 Å². The van der Waals surface area contributed by atoms with E-state index in [4.69, 9.17) is 4.42 Å². The average Bonchev–Trinajstić information content (AvgIpc) is 3.29. The van der Waals surface area contributed by atoms with Gasteiger partial charge < -0.3 is 9.73 Å². The summed E-state index contributed by atoms with van der Waals surface area (Å²) in [5.41, 5.74) is 6.62. The number of carbonyl (C=O) groups is 1. The molecule has 0 fully saturated rings. The van der Waals surface area contributed by atoms with Gasteiger partial charge in [0.2, 0.25) is 0 Å². The van der Waals surface area contributed by atoms with Crippen LogP contribution in [0, 0.1) is 20.8 Å². The molecule has 0 bridgehead atoms. The third-order valence-corrected chi connectivity index (χ3v) is 5.36. The Labute approximate surface area is 179 Å². The largest absolute Gasteiger partial charge is 0.463 e. The van der Waals surface area contributed by atoms with E-state index < -0.39 is 0 Å². The molecule has 1 N–H and O–H groups in total. The number of benzene rings is 2. The van der Waals surface area contributed by atoms with Gasteiger partial charge in [-0.1, -0.05) is 29.8 Å². The lowest BCUT2D eigenvalue weighted by Gasteiger charge is -2.14. The summed E-state index contributed by atoms with van der Waals surface area (Å²) in [5, 5.41) is 4.84. The van der Waals surface area contributed by atoms with Crippen LogP contribution in [0.2, 0.25) is 0 Å². The molecule has 5 aromatic rings. The molecule has 1 amide bonds. The number of hydrogen-bond donors (Lipinski definition) is 1. The molecule has 0 aliphatic heterocycles. The molecule has 5 rings (SSSR count). The van der Waals surface area contributed by atoms with Crippen LogP contribution < -0.4 is 5.32 Å². The normalized spacial score (nSPS) is 11.2. The molecule has 3 heterocycles. The van der Waals surface area contributed by atoms with Gasteiger partial charge in [0.15, 0.2) is 5.76 Å². The van der Waals surface area contributed by atoms with Crippen molar-refractivity contribution in [1.82, 2.24) is 9.97 Å². The summed E-state index contributed by atoms with van der Waals surface area (Å²) in [7, 11) is 0. The fourth-order valence-corrected chi connectivity index (χ4v) is 4.02. The fourth-order valence-electron chi connectivity index (χ4n) is 4.02. The molecule has 3 aromatic heterocycles. The van der Waals surface area contributed by atoms with Gasteiger partial charge in [0.05, 0.1) is 28.5 Å². The lowest BCUT2D eigenvalue weighted by molar-refractivity contribution is 0.102. The Bertz CT molecular complexity index is 1450. The Balaban J connectivity index is 1.65. The summed E-state index contributed by atoms with van der Waals surface area (Å²) in [6.45, 7) is 6.02. The molecule has 0 saturated carbocycles. The topological polar surface area (TPSA) is 68.0 Å². The number of nitrogens with zero attached hydrogens (tertiary/aromatic N) is 2. The number of fused-ring (bicyclic) bond motifs is 2. The fraction of sp³-hybridized carbons (Fsp3) is 0.115. The van der Waals surface area contributed by atoms with Crippen LogP contribution in [0.5, 0.6) is 0 Å². The number of aryl methyl sites for hydroxylation is 3. The lowest BCUT2D eigenvalue weighted by Crippen LogP contribution is -2.14. The number of anilines is 1. The van der Waals surface area contributed by atoms with Crippen molar-refractivity contribution in [1.29, 1.82) is 0 Å². The summed E-state index contributed by atoms with van der Waals surface area (Å²) >= 11 is 0. The Morgan fingerprint density at radius 3 is 2.55 bits per heavy atom. The molecule has 0 spiro atoms. The molecule has 0 atom stereocenters. The van der Waals surface area contributed by atoms with E-state index in [0.717, 1.165) is 44.3 Å². The molecular formula is C26H21N3O2. The number of hydrogen-bond acceptors (Lipinski definition) is 4. The summed E-state index contributed by atoms with van der Waals surface area (Å²) in [6.07, 6.45) is 1.60. The first kappa shape index (κ1) is 19.0. The summed E-state index contributed by atoms with van der Waals surface area (Å²) < 4.78 is 5.52. The number of nitrogens with one attached hydrogen (secondary N) is 1. The van der Waals surface area contributed by atoms with Crippen molar-refractivity contribution >= 4 is 33.4 Å².